The summed E-state index contributed by atoms with van der Waals surface area (Å²) in [5.74, 6) is -0.385. The molecule has 0 N–H and O–H groups in total. The Hall–Kier alpha value is -1.60. The standard InChI is InChI=1S/C19H22Cl2N2O3S/c1-13(2)23(4)27(25,26)15-9-10-18(21)16(11-15)19(24)22(3)12-14-7-5-6-8-17(14)20/h5-11,13H,12H2,1-4H3. The van der Waals surface area contributed by atoms with Crippen LogP contribution < -0.4 is 0 Å². The van der Waals surface area contributed by atoms with Crippen LogP contribution in [-0.2, 0) is 16.6 Å². The molecule has 0 aliphatic heterocycles. The van der Waals surface area contributed by atoms with Gasteiger partial charge in [-0.25, -0.2) is 8.42 Å². The van der Waals surface area contributed by atoms with Gasteiger partial charge < -0.3 is 4.90 Å². The van der Waals surface area contributed by atoms with Gasteiger partial charge in [0, 0.05) is 31.7 Å². The monoisotopic (exact) mass is 428 g/mol. The van der Waals surface area contributed by atoms with E-state index in [1.165, 1.54) is 34.5 Å². The van der Waals surface area contributed by atoms with Crippen molar-refractivity contribution in [1.82, 2.24) is 9.21 Å². The van der Waals surface area contributed by atoms with Gasteiger partial charge in [-0.05, 0) is 43.7 Å². The average Bonchev–Trinajstić information content (AvgIpc) is 2.62. The molecule has 0 fully saturated rings. The summed E-state index contributed by atoms with van der Waals surface area (Å²) >= 11 is 12.3. The van der Waals surface area contributed by atoms with E-state index >= 15 is 0 Å². The lowest BCUT2D eigenvalue weighted by Crippen LogP contribution is -2.33. The van der Waals surface area contributed by atoms with Gasteiger partial charge in [-0.2, -0.15) is 4.31 Å². The van der Waals surface area contributed by atoms with Crippen molar-refractivity contribution >= 4 is 39.1 Å². The molecule has 146 valence electrons. The number of hydrogen-bond acceptors (Lipinski definition) is 3. The van der Waals surface area contributed by atoms with E-state index in [4.69, 9.17) is 23.2 Å². The van der Waals surface area contributed by atoms with Crippen molar-refractivity contribution in [3.8, 4) is 0 Å². The minimum absolute atomic E-state index is 0.0255. The molecule has 0 aliphatic rings. The fraction of sp³-hybridized carbons (Fsp3) is 0.316. The van der Waals surface area contributed by atoms with Crippen molar-refractivity contribution in [1.29, 1.82) is 0 Å². The molecule has 0 spiro atoms. The number of rotatable bonds is 6. The quantitative estimate of drug-likeness (QED) is 0.688. The van der Waals surface area contributed by atoms with Gasteiger partial charge in [0.15, 0.2) is 0 Å². The van der Waals surface area contributed by atoms with Gasteiger partial charge in [0.05, 0.1) is 15.5 Å². The number of nitrogens with zero attached hydrogens (tertiary/aromatic N) is 2. The van der Waals surface area contributed by atoms with Crippen LogP contribution in [0.5, 0.6) is 0 Å². The Morgan fingerprint density at radius 3 is 2.26 bits per heavy atom. The summed E-state index contributed by atoms with van der Waals surface area (Å²) in [7, 11) is -0.605. The number of amides is 1. The van der Waals surface area contributed by atoms with Gasteiger partial charge >= 0.3 is 0 Å². The number of hydrogen-bond donors (Lipinski definition) is 0. The van der Waals surface area contributed by atoms with Crippen LogP contribution in [0.3, 0.4) is 0 Å². The van der Waals surface area contributed by atoms with Crippen LogP contribution in [0.1, 0.15) is 29.8 Å². The molecule has 0 saturated heterocycles. The molecule has 2 rings (SSSR count). The van der Waals surface area contributed by atoms with Gasteiger partial charge in [0.2, 0.25) is 10.0 Å². The Balaban J connectivity index is 2.35. The van der Waals surface area contributed by atoms with E-state index in [1.807, 2.05) is 18.2 Å². The van der Waals surface area contributed by atoms with E-state index in [0.29, 0.717) is 5.02 Å². The normalized spacial score (nSPS) is 11.9. The largest absolute Gasteiger partial charge is 0.337 e. The molecule has 0 atom stereocenters. The number of carbonyl (C=O) groups is 1. The Bertz CT molecular complexity index is 946. The molecule has 0 saturated carbocycles. The number of sulfonamides is 1. The molecule has 0 aromatic heterocycles. The summed E-state index contributed by atoms with van der Waals surface area (Å²) in [6, 6.07) is 11.2. The second kappa shape index (κ2) is 8.61. The predicted octanol–water partition coefficient (Wildman–Crippen LogP) is 4.29. The van der Waals surface area contributed by atoms with E-state index < -0.39 is 10.0 Å². The molecule has 2 aromatic carbocycles. The Morgan fingerprint density at radius 1 is 1.04 bits per heavy atom. The third-order valence-corrected chi connectivity index (χ3v) is 7.01. The first-order chi connectivity index (χ1) is 12.6. The third-order valence-electron chi connectivity index (χ3n) is 4.28. The topological polar surface area (TPSA) is 57.7 Å². The van der Waals surface area contributed by atoms with Crippen LogP contribution in [0.25, 0.3) is 0 Å². The second-order valence-corrected chi connectivity index (χ2v) is 9.32. The van der Waals surface area contributed by atoms with Crippen LogP contribution in [0.15, 0.2) is 47.4 Å². The zero-order valence-corrected chi connectivity index (χ0v) is 17.9. The van der Waals surface area contributed by atoms with Crippen molar-refractivity contribution in [2.24, 2.45) is 0 Å². The van der Waals surface area contributed by atoms with E-state index in [1.54, 1.807) is 27.0 Å². The molecule has 0 radical (unpaired) electrons. The number of carbonyl (C=O) groups excluding carboxylic acids is 1. The fourth-order valence-electron chi connectivity index (χ4n) is 2.43. The highest BCUT2D eigenvalue weighted by atomic mass is 35.5. The van der Waals surface area contributed by atoms with Gasteiger partial charge in [-0.3, -0.25) is 4.79 Å². The summed E-state index contributed by atoms with van der Waals surface area (Å²) in [4.78, 5) is 14.3. The van der Waals surface area contributed by atoms with Crippen molar-refractivity contribution in [2.45, 2.75) is 31.3 Å². The van der Waals surface area contributed by atoms with Gasteiger partial charge in [0.25, 0.3) is 5.91 Å². The minimum Gasteiger partial charge on any atom is -0.337 e. The first kappa shape index (κ1) is 21.7. The zero-order valence-electron chi connectivity index (χ0n) is 15.6. The SMILES string of the molecule is CC(C)N(C)S(=O)(=O)c1ccc(Cl)c(C(=O)N(C)Cc2ccccc2Cl)c1. The Morgan fingerprint density at radius 2 is 1.67 bits per heavy atom. The summed E-state index contributed by atoms with van der Waals surface area (Å²) in [5.41, 5.74) is 0.916. The maximum Gasteiger partial charge on any atom is 0.255 e. The molecule has 0 heterocycles. The van der Waals surface area contributed by atoms with Crippen LogP contribution in [0.2, 0.25) is 10.0 Å². The van der Waals surface area contributed by atoms with Crippen LogP contribution in [-0.4, -0.2) is 43.7 Å². The molecular formula is C19H22Cl2N2O3S. The molecule has 0 unspecified atom stereocenters. The number of halogens is 2. The fourth-order valence-corrected chi connectivity index (χ4v) is 4.22. The third kappa shape index (κ3) is 4.82. The summed E-state index contributed by atoms with van der Waals surface area (Å²) < 4.78 is 26.7. The van der Waals surface area contributed by atoms with Crippen molar-refractivity contribution in [3.05, 3.63) is 63.6 Å². The number of benzene rings is 2. The Kier molecular flexibility index (Phi) is 6.92. The highest BCUT2D eigenvalue weighted by molar-refractivity contribution is 7.89. The molecule has 1 amide bonds. The predicted molar refractivity (Wildman–Crippen MR) is 109 cm³/mol. The summed E-state index contributed by atoms with van der Waals surface area (Å²) in [6.07, 6.45) is 0. The molecule has 0 aliphatic carbocycles. The maximum atomic E-state index is 12.9. The molecular weight excluding hydrogens is 407 g/mol. The van der Waals surface area contributed by atoms with Crippen molar-refractivity contribution < 1.29 is 13.2 Å². The van der Waals surface area contributed by atoms with E-state index in [2.05, 4.69) is 0 Å². The van der Waals surface area contributed by atoms with Gasteiger partial charge in [-0.15, -0.1) is 0 Å². The van der Waals surface area contributed by atoms with E-state index in [-0.39, 0.29) is 34.0 Å². The highest BCUT2D eigenvalue weighted by Crippen LogP contribution is 2.25. The van der Waals surface area contributed by atoms with Crippen molar-refractivity contribution in [2.75, 3.05) is 14.1 Å². The van der Waals surface area contributed by atoms with Gasteiger partial charge in [0.1, 0.15) is 0 Å². The van der Waals surface area contributed by atoms with Crippen LogP contribution >= 0.6 is 23.2 Å². The lowest BCUT2D eigenvalue weighted by Gasteiger charge is -2.22. The van der Waals surface area contributed by atoms with Crippen molar-refractivity contribution in [3.63, 3.8) is 0 Å². The Labute approximate surface area is 170 Å². The molecule has 27 heavy (non-hydrogen) atoms. The molecule has 5 nitrogen and oxygen atoms in total. The smallest absolute Gasteiger partial charge is 0.255 e. The highest BCUT2D eigenvalue weighted by Gasteiger charge is 2.26. The molecule has 0 bridgehead atoms. The van der Waals surface area contributed by atoms with Crippen LogP contribution in [0, 0.1) is 0 Å². The van der Waals surface area contributed by atoms with Gasteiger partial charge in [-0.1, -0.05) is 41.4 Å². The first-order valence-corrected chi connectivity index (χ1v) is 10.5. The lowest BCUT2D eigenvalue weighted by molar-refractivity contribution is 0.0785. The van der Waals surface area contributed by atoms with Crippen LogP contribution in [0.4, 0.5) is 0 Å². The van der Waals surface area contributed by atoms with E-state index in [0.717, 1.165) is 5.56 Å². The average molecular weight is 429 g/mol. The summed E-state index contributed by atoms with van der Waals surface area (Å²) in [6.45, 7) is 3.82. The summed E-state index contributed by atoms with van der Waals surface area (Å²) in [5, 5.41) is 0.746. The molecule has 2 aromatic rings. The maximum absolute atomic E-state index is 12.9. The lowest BCUT2D eigenvalue weighted by atomic mass is 10.1. The minimum atomic E-state index is -3.72. The second-order valence-electron chi connectivity index (χ2n) is 6.51. The van der Waals surface area contributed by atoms with E-state index in [9.17, 15) is 13.2 Å². The molecule has 8 heteroatoms. The zero-order chi connectivity index (χ0) is 20.4. The first-order valence-electron chi connectivity index (χ1n) is 8.32.